The van der Waals surface area contributed by atoms with Gasteiger partial charge in [-0.2, -0.15) is 4.98 Å². The Morgan fingerprint density at radius 2 is 2.10 bits per heavy atom. The molecular weight excluding hydrogens is 280 g/mol. The zero-order chi connectivity index (χ0) is 15.2. The second kappa shape index (κ2) is 7.30. The van der Waals surface area contributed by atoms with E-state index in [0.29, 0.717) is 29.9 Å². The van der Waals surface area contributed by atoms with Crippen molar-refractivity contribution < 1.29 is 13.2 Å². The van der Waals surface area contributed by atoms with Gasteiger partial charge in [0.2, 0.25) is 15.9 Å². The highest BCUT2D eigenvalue weighted by Crippen LogP contribution is 2.21. The molecule has 7 nitrogen and oxygen atoms in total. The normalized spacial score (nSPS) is 11.6. The van der Waals surface area contributed by atoms with Crippen LogP contribution >= 0.6 is 0 Å². The Balaban J connectivity index is 2.61. The van der Waals surface area contributed by atoms with Crippen LogP contribution in [0.15, 0.2) is 12.1 Å². The molecule has 1 aromatic heterocycles. The molecule has 0 fully saturated rings. The molecule has 0 aliphatic carbocycles. The standard InChI is InChI=1S/C12H22N4O3S/c1-9(2)8-19-12-10(13)4-5-11(16-12)15-6-7-20(17,18)14-3/h4-5,9,14H,6-8,13H2,1-3H3,(H,15,16). The van der Waals surface area contributed by atoms with Crippen LogP contribution in [-0.2, 0) is 10.0 Å². The SMILES string of the molecule is CNS(=O)(=O)CCNc1ccc(N)c(OCC(C)C)n1. The highest BCUT2D eigenvalue weighted by molar-refractivity contribution is 7.89. The number of nitrogens with two attached hydrogens (primary N) is 1. The van der Waals surface area contributed by atoms with Crippen LogP contribution in [0.3, 0.4) is 0 Å². The summed E-state index contributed by atoms with van der Waals surface area (Å²) in [7, 11) is -1.84. The number of nitrogens with one attached hydrogen (secondary N) is 2. The minimum Gasteiger partial charge on any atom is -0.476 e. The summed E-state index contributed by atoms with van der Waals surface area (Å²) in [5.74, 6) is 1.23. The van der Waals surface area contributed by atoms with Crippen molar-refractivity contribution in [3.05, 3.63) is 12.1 Å². The minimum absolute atomic E-state index is 0.0300. The summed E-state index contributed by atoms with van der Waals surface area (Å²) in [6, 6.07) is 3.36. The second-order valence-corrected chi connectivity index (χ2v) is 6.79. The lowest BCUT2D eigenvalue weighted by atomic mass is 10.2. The summed E-state index contributed by atoms with van der Waals surface area (Å²) in [6.07, 6.45) is 0. The fourth-order valence-corrected chi connectivity index (χ4v) is 1.90. The molecular formula is C12H22N4O3S. The molecule has 114 valence electrons. The van der Waals surface area contributed by atoms with Gasteiger partial charge in [0, 0.05) is 6.54 Å². The maximum atomic E-state index is 11.3. The first kappa shape index (κ1) is 16.5. The van der Waals surface area contributed by atoms with Crippen LogP contribution < -0.4 is 20.5 Å². The molecule has 0 unspecified atom stereocenters. The maximum Gasteiger partial charge on any atom is 0.239 e. The van der Waals surface area contributed by atoms with Crippen LogP contribution in [0.2, 0.25) is 0 Å². The van der Waals surface area contributed by atoms with Crippen LogP contribution in [0, 0.1) is 5.92 Å². The summed E-state index contributed by atoms with van der Waals surface area (Å²) in [5.41, 5.74) is 6.23. The number of anilines is 2. The van der Waals surface area contributed by atoms with Crippen molar-refractivity contribution in [1.29, 1.82) is 0 Å². The Labute approximate surface area is 120 Å². The number of nitrogens with zero attached hydrogens (tertiary/aromatic N) is 1. The second-order valence-electron chi connectivity index (χ2n) is 4.75. The van der Waals surface area contributed by atoms with E-state index in [1.54, 1.807) is 12.1 Å². The minimum atomic E-state index is -3.23. The lowest BCUT2D eigenvalue weighted by Gasteiger charge is -2.12. The molecule has 20 heavy (non-hydrogen) atoms. The number of hydrogen-bond acceptors (Lipinski definition) is 6. The molecule has 0 spiro atoms. The first-order valence-electron chi connectivity index (χ1n) is 6.38. The average Bonchev–Trinajstić information content (AvgIpc) is 2.39. The largest absolute Gasteiger partial charge is 0.476 e. The van der Waals surface area contributed by atoms with Gasteiger partial charge in [0.15, 0.2) is 0 Å². The number of ether oxygens (including phenoxy) is 1. The monoisotopic (exact) mass is 302 g/mol. The summed E-state index contributed by atoms with van der Waals surface area (Å²) in [4.78, 5) is 4.22. The van der Waals surface area contributed by atoms with Gasteiger partial charge in [0.05, 0.1) is 18.0 Å². The number of pyridine rings is 1. The van der Waals surface area contributed by atoms with Crippen molar-refractivity contribution in [2.45, 2.75) is 13.8 Å². The Morgan fingerprint density at radius 3 is 2.70 bits per heavy atom. The third kappa shape index (κ3) is 5.62. The first-order chi connectivity index (χ1) is 9.34. The van der Waals surface area contributed by atoms with E-state index in [9.17, 15) is 8.42 Å². The molecule has 1 rings (SSSR count). The molecule has 0 atom stereocenters. The Bertz CT molecular complexity index is 532. The van der Waals surface area contributed by atoms with Gasteiger partial charge in [-0.3, -0.25) is 0 Å². The molecule has 1 aromatic rings. The molecule has 8 heteroatoms. The number of rotatable bonds is 8. The Morgan fingerprint density at radius 1 is 1.40 bits per heavy atom. The lowest BCUT2D eigenvalue weighted by Crippen LogP contribution is -2.26. The fourth-order valence-electron chi connectivity index (χ4n) is 1.33. The van der Waals surface area contributed by atoms with Crippen molar-refractivity contribution in [3.8, 4) is 5.88 Å². The van der Waals surface area contributed by atoms with E-state index in [4.69, 9.17) is 10.5 Å². The number of sulfonamides is 1. The van der Waals surface area contributed by atoms with Gasteiger partial charge in [-0.25, -0.2) is 13.1 Å². The van der Waals surface area contributed by atoms with Gasteiger partial charge in [0.1, 0.15) is 5.82 Å². The number of aromatic nitrogens is 1. The van der Waals surface area contributed by atoms with Crippen molar-refractivity contribution in [1.82, 2.24) is 9.71 Å². The summed E-state index contributed by atoms with van der Waals surface area (Å²) < 4.78 is 30.3. The van der Waals surface area contributed by atoms with Gasteiger partial charge >= 0.3 is 0 Å². The van der Waals surface area contributed by atoms with Gasteiger partial charge < -0.3 is 15.8 Å². The van der Waals surface area contributed by atoms with E-state index < -0.39 is 10.0 Å². The van der Waals surface area contributed by atoms with Crippen molar-refractivity contribution in [3.63, 3.8) is 0 Å². The Hall–Kier alpha value is -1.54. The summed E-state index contributed by atoms with van der Waals surface area (Å²) >= 11 is 0. The van der Waals surface area contributed by atoms with Crippen molar-refractivity contribution in [2.24, 2.45) is 5.92 Å². The molecule has 0 aliphatic rings. The molecule has 0 radical (unpaired) electrons. The zero-order valence-corrected chi connectivity index (χ0v) is 12.8. The lowest BCUT2D eigenvalue weighted by molar-refractivity contribution is 0.263. The summed E-state index contributed by atoms with van der Waals surface area (Å²) in [5, 5.41) is 2.92. The molecule has 0 saturated carbocycles. The molecule has 0 aromatic carbocycles. The van der Waals surface area contributed by atoms with Crippen molar-refractivity contribution >= 4 is 21.5 Å². The zero-order valence-electron chi connectivity index (χ0n) is 12.0. The number of nitrogen functional groups attached to an aromatic ring is 1. The van der Waals surface area contributed by atoms with E-state index in [-0.39, 0.29) is 12.3 Å². The first-order valence-corrected chi connectivity index (χ1v) is 8.03. The van der Waals surface area contributed by atoms with Crippen LogP contribution in [0.25, 0.3) is 0 Å². The highest BCUT2D eigenvalue weighted by atomic mass is 32.2. The highest BCUT2D eigenvalue weighted by Gasteiger charge is 2.08. The molecule has 0 amide bonds. The molecule has 0 saturated heterocycles. The van der Waals surface area contributed by atoms with Crippen LogP contribution in [-0.4, -0.2) is 39.4 Å². The van der Waals surface area contributed by atoms with E-state index >= 15 is 0 Å². The van der Waals surface area contributed by atoms with E-state index in [1.165, 1.54) is 7.05 Å². The molecule has 0 bridgehead atoms. The Kier molecular flexibility index (Phi) is 6.03. The van der Waals surface area contributed by atoms with E-state index in [1.807, 2.05) is 13.8 Å². The smallest absolute Gasteiger partial charge is 0.239 e. The molecule has 0 aliphatic heterocycles. The quantitative estimate of drug-likeness (QED) is 0.651. The topological polar surface area (TPSA) is 106 Å². The number of hydrogen-bond donors (Lipinski definition) is 3. The van der Waals surface area contributed by atoms with Crippen LogP contribution in [0.1, 0.15) is 13.8 Å². The summed E-state index contributed by atoms with van der Waals surface area (Å²) in [6.45, 7) is 4.83. The predicted octanol–water partition coefficient (Wildman–Crippen LogP) is 0.660. The van der Waals surface area contributed by atoms with Gasteiger partial charge in [-0.05, 0) is 25.1 Å². The van der Waals surface area contributed by atoms with Gasteiger partial charge in [0.25, 0.3) is 0 Å². The van der Waals surface area contributed by atoms with E-state index in [2.05, 4.69) is 15.0 Å². The average molecular weight is 302 g/mol. The van der Waals surface area contributed by atoms with Crippen LogP contribution in [0.4, 0.5) is 11.5 Å². The third-order valence-corrected chi connectivity index (χ3v) is 3.79. The molecule has 4 N–H and O–H groups in total. The fraction of sp³-hybridized carbons (Fsp3) is 0.583. The van der Waals surface area contributed by atoms with E-state index in [0.717, 1.165) is 0 Å². The van der Waals surface area contributed by atoms with Crippen molar-refractivity contribution in [2.75, 3.05) is 37.0 Å². The van der Waals surface area contributed by atoms with Gasteiger partial charge in [-0.15, -0.1) is 0 Å². The van der Waals surface area contributed by atoms with Gasteiger partial charge in [-0.1, -0.05) is 13.8 Å². The maximum absolute atomic E-state index is 11.3. The van der Waals surface area contributed by atoms with Crippen LogP contribution in [0.5, 0.6) is 5.88 Å². The molecule has 1 heterocycles. The third-order valence-electron chi connectivity index (χ3n) is 2.43. The predicted molar refractivity (Wildman–Crippen MR) is 80.3 cm³/mol.